The average molecular weight is 222 g/mol. The molecule has 2 aromatic rings. The number of nitrogens with one attached hydrogen (secondary N) is 2. The van der Waals surface area contributed by atoms with Crippen molar-refractivity contribution in [2.75, 3.05) is 11.1 Å². The Bertz CT molecular complexity index is 505. The van der Waals surface area contributed by atoms with Gasteiger partial charge in [0.1, 0.15) is 0 Å². The van der Waals surface area contributed by atoms with Crippen LogP contribution in [0.3, 0.4) is 0 Å². The molecule has 2 heterocycles. The summed E-state index contributed by atoms with van der Waals surface area (Å²) >= 11 is 1.15. The van der Waals surface area contributed by atoms with Crippen LogP contribution >= 0.6 is 11.3 Å². The zero-order chi connectivity index (χ0) is 10.7. The molecule has 4 N–H and O–H groups in total. The van der Waals surface area contributed by atoms with Gasteiger partial charge in [-0.05, 0) is 6.07 Å². The minimum Gasteiger partial charge on any atom is -0.397 e. The van der Waals surface area contributed by atoms with Crippen LogP contribution in [0.4, 0.5) is 11.4 Å². The van der Waals surface area contributed by atoms with E-state index >= 15 is 0 Å². The monoisotopic (exact) mass is 222 g/mol. The van der Waals surface area contributed by atoms with Crippen molar-refractivity contribution < 1.29 is 0 Å². The van der Waals surface area contributed by atoms with Crippen LogP contribution in [0, 0.1) is 0 Å². The standard InChI is InChI=1S/C9H10N4OS/c10-6-1-7(3-11-2-6)12-4-8-5-15-9(14)13-8/h1-3,5,12H,4,10H2,(H,13,14). The summed E-state index contributed by atoms with van der Waals surface area (Å²) < 4.78 is 0. The molecular formula is C9H10N4OS. The van der Waals surface area contributed by atoms with Crippen LogP contribution in [0.5, 0.6) is 0 Å². The maximum absolute atomic E-state index is 10.9. The summed E-state index contributed by atoms with van der Waals surface area (Å²) in [7, 11) is 0. The van der Waals surface area contributed by atoms with E-state index in [1.165, 1.54) is 0 Å². The quantitative estimate of drug-likeness (QED) is 0.724. The number of aromatic amines is 1. The molecule has 0 aliphatic heterocycles. The van der Waals surface area contributed by atoms with Gasteiger partial charge in [-0.1, -0.05) is 11.3 Å². The van der Waals surface area contributed by atoms with Crippen molar-refractivity contribution >= 4 is 22.7 Å². The van der Waals surface area contributed by atoms with Gasteiger partial charge in [-0.3, -0.25) is 9.78 Å². The molecule has 0 saturated carbocycles. The Morgan fingerprint density at radius 3 is 3.07 bits per heavy atom. The average Bonchev–Trinajstić information content (AvgIpc) is 2.62. The third-order valence-corrected chi connectivity index (χ3v) is 2.53. The first-order valence-electron chi connectivity index (χ1n) is 4.35. The van der Waals surface area contributed by atoms with E-state index < -0.39 is 0 Å². The van der Waals surface area contributed by atoms with Crippen LogP contribution in [-0.2, 0) is 6.54 Å². The van der Waals surface area contributed by atoms with Gasteiger partial charge in [0.15, 0.2) is 0 Å². The number of H-pyrrole nitrogens is 1. The largest absolute Gasteiger partial charge is 0.397 e. The lowest BCUT2D eigenvalue weighted by atomic mass is 10.3. The van der Waals surface area contributed by atoms with E-state index in [-0.39, 0.29) is 4.87 Å². The molecule has 6 heteroatoms. The fourth-order valence-corrected chi connectivity index (χ4v) is 1.73. The second kappa shape index (κ2) is 4.14. The van der Waals surface area contributed by atoms with Crippen molar-refractivity contribution in [1.29, 1.82) is 0 Å². The van der Waals surface area contributed by atoms with Gasteiger partial charge >= 0.3 is 4.87 Å². The Morgan fingerprint density at radius 2 is 2.40 bits per heavy atom. The smallest absolute Gasteiger partial charge is 0.304 e. The SMILES string of the molecule is Nc1cncc(NCc2csc(=O)[nH]2)c1. The molecule has 0 aromatic carbocycles. The number of nitrogen functional groups attached to an aromatic ring is 1. The first-order valence-corrected chi connectivity index (χ1v) is 5.23. The van der Waals surface area contributed by atoms with Gasteiger partial charge in [0.25, 0.3) is 0 Å². The summed E-state index contributed by atoms with van der Waals surface area (Å²) in [5.41, 5.74) is 7.87. The molecule has 0 fully saturated rings. The molecule has 0 radical (unpaired) electrons. The number of aromatic nitrogens is 2. The lowest BCUT2D eigenvalue weighted by Gasteiger charge is -2.04. The fourth-order valence-electron chi connectivity index (χ4n) is 1.15. The van der Waals surface area contributed by atoms with Crippen molar-refractivity contribution in [2.45, 2.75) is 6.54 Å². The molecule has 2 aromatic heterocycles. The van der Waals surface area contributed by atoms with E-state index in [9.17, 15) is 4.79 Å². The van der Waals surface area contributed by atoms with E-state index in [2.05, 4.69) is 15.3 Å². The van der Waals surface area contributed by atoms with Gasteiger partial charge < -0.3 is 16.0 Å². The minimum absolute atomic E-state index is 0.0440. The number of anilines is 2. The first-order chi connectivity index (χ1) is 7.24. The van der Waals surface area contributed by atoms with Crippen molar-refractivity contribution in [3.8, 4) is 0 Å². The lowest BCUT2D eigenvalue weighted by molar-refractivity contribution is 1.06. The van der Waals surface area contributed by atoms with Crippen molar-refractivity contribution in [2.24, 2.45) is 0 Å². The Kier molecular flexibility index (Phi) is 2.68. The van der Waals surface area contributed by atoms with E-state index in [0.29, 0.717) is 12.2 Å². The molecule has 0 bridgehead atoms. The lowest BCUT2D eigenvalue weighted by Crippen LogP contribution is -2.03. The second-order valence-electron chi connectivity index (χ2n) is 3.03. The topological polar surface area (TPSA) is 83.8 Å². The molecular weight excluding hydrogens is 212 g/mol. The predicted molar refractivity (Wildman–Crippen MR) is 60.9 cm³/mol. The van der Waals surface area contributed by atoms with Crippen molar-refractivity contribution in [3.05, 3.63) is 39.2 Å². The van der Waals surface area contributed by atoms with Gasteiger partial charge in [-0.2, -0.15) is 0 Å². The summed E-state index contributed by atoms with van der Waals surface area (Å²) in [6, 6.07) is 1.79. The molecule has 0 aliphatic carbocycles. The van der Waals surface area contributed by atoms with Crippen LogP contribution in [0.1, 0.15) is 5.69 Å². The van der Waals surface area contributed by atoms with Crippen LogP contribution in [-0.4, -0.2) is 9.97 Å². The molecule has 0 saturated heterocycles. The number of rotatable bonds is 3. The Hall–Kier alpha value is -1.82. The number of hydrogen-bond donors (Lipinski definition) is 3. The fraction of sp³-hybridized carbons (Fsp3) is 0.111. The maximum Gasteiger partial charge on any atom is 0.304 e. The highest BCUT2D eigenvalue weighted by atomic mass is 32.1. The molecule has 0 spiro atoms. The first kappa shape index (κ1) is 9.72. The summed E-state index contributed by atoms with van der Waals surface area (Å²) in [6.45, 7) is 0.559. The molecule has 0 aliphatic rings. The Balaban J connectivity index is 2.02. The van der Waals surface area contributed by atoms with E-state index in [1.54, 1.807) is 23.8 Å². The molecule has 0 amide bonds. The van der Waals surface area contributed by atoms with Gasteiger partial charge in [0.2, 0.25) is 0 Å². The molecule has 0 atom stereocenters. The highest BCUT2D eigenvalue weighted by molar-refractivity contribution is 7.07. The number of hydrogen-bond acceptors (Lipinski definition) is 5. The van der Waals surface area contributed by atoms with Gasteiger partial charge in [0.05, 0.1) is 24.1 Å². The number of nitrogens with zero attached hydrogens (tertiary/aromatic N) is 1. The van der Waals surface area contributed by atoms with Crippen molar-refractivity contribution in [3.63, 3.8) is 0 Å². The number of pyridine rings is 1. The highest BCUT2D eigenvalue weighted by Gasteiger charge is 1.97. The number of nitrogens with two attached hydrogens (primary N) is 1. The molecule has 15 heavy (non-hydrogen) atoms. The highest BCUT2D eigenvalue weighted by Crippen LogP contribution is 2.10. The van der Waals surface area contributed by atoms with Gasteiger partial charge in [0, 0.05) is 17.3 Å². The summed E-state index contributed by atoms with van der Waals surface area (Å²) in [5, 5.41) is 4.90. The molecule has 0 unspecified atom stereocenters. The summed E-state index contributed by atoms with van der Waals surface area (Å²) in [4.78, 5) is 17.5. The second-order valence-corrected chi connectivity index (χ2v) is 3.88. The zero-order valence-electron chi connectivity index (χ0n) is 7.86. The van der Waals surface area contributed by atoms with Gasteiger partial charge in [-0.15, -0.1) is 0 Å². The van der Waals surface area contributed by atoms with E-state index in [4.69, 9.17) is 5.73 Å². The zero-order valence-corrected chi connectivity index (χ0v) is 8.67. The molecule has 2 rings (SSSR count). The minimum atomic E-state index is -0.0440. The third kappa shape index (κ3) is 2.57. The predicted octanol–water partition coefficient (Wildman–Crippen LogP) is 1.03. The summed E-state index contributed by atoms with van der Waals surface area (Å²) in [5.74, 6) is 0. The summed E-state index contributed by atoms with van der Waals surface area (Å²) in [6.07, 6.45) is 3.26. The number of thiazole rings is 1. The van der Waals surface area contributed by atoms with Gasteiger partial charge in [-0.25, -0.2) is 0 Å². The maximum atomic E-state index is 10.9. The Labute approximate surface area is 90.0 Å². The molecule has 5 nitrogen and oxygen atoms in total. The Morgan fingerprint density at radius 1 is 1.53 bits per heavy atom. The van der Waals surface area contributed by atoms with Crippen LogP contribution < -0.4 is 15.9 Å². The van der Waals surface area contributed by atoms with Crippen LogP contribution in [0.15, 0.2) is 28.6 Å². The van der Waals surface area contributed by atoms with Crippen LogP contribution in [0.2, 0.25) is 0 Å². The van der Waals surface area contributed by atoms with E-state index in [1.807, 2.05) is 0 Å². The normalized spacial score (nSPS) is 10.1. The van der Waals surface area contributed by atoms with Crippen LogP contribution in [0.25, 0.3) is 0 Å². The van der Waals surface area contributed by atoms with E-state index in [0.717, 1.165) is 22.7 Å². The van der Waals surface area contributed by atoms with Crippen molar-refractivity contribution in [1.82, 2.24) is 9.97 Å². The molecule has 78 valence electrons. The third-order valence-electron chi connectivity index (χ3n) is 1.81.